The third-order valence-corrected chi connectivity index (χ3v) is 2.62. The number of ether oxygens (including phenoxy) is 1. The average molecular weight is 220 g/mol. The van der Waals surface area contributed by atoms with Crippen molar-refractivity contribution in [2.75, 3.05) is 19.7 Å². The van der Waals surface area contributed by atoms with Gasteiger partial charge in [0.05, 0.1) is 6.61 Å². The summed E-state index contributed by atoms with van der Waals surface area (Å²) < 4.78 is 5.54. The van der Waals surface area contributed by atoms with Crippen LogP contribution in [0.15, 0.2) is 18.2 Å². The van der Waals surface area contributed by atoms with E-state index in [0.717, 1.165) is 29.7 Å². The molecule has 0 radical (unpaired) electrons. The van der Waals surface area contributed by atoms with Crippen LogP contribution in [0, 0.1) is 0 Å². The smallest absolute Gasteiger partial charge is 0.251 e. The number of hydrogen-bond donors (Lipinski definition) is 2. The zero-order chi connectivity index (χ0) is 11.4. The second kappa shape index (κ2) is 4.99. The number of nitrogens with one attached hydrogen (secondary N) is 1. The highest BCUT2D eigenvalue weighted by molar-refractivity contribution is 5.96. The average Bonchev–Trinajstić information content (AvgIpc) is 2.30. The van der Waals surface area contributed by atoms with Gasteiger partial charge in [0.2, 0.25) is 0 Å². The highest BCUT2D eigenvalue weighted by Gasteiger charge is 2.16. The number of carbonyl (C=O) groups excluding carboxylic acids is 1. The summed E-state index contributed by atoms with van der Waals surface area (Å²) in [5.41, 5.74) is 7.21. The van der Waals surface area contributed by atoms with E-state index in [0.29, 0.717) is 19.7 Å². The van der Waals surface area contributed by atoms with Crippen molar-refractivity contribution in [1.29, 1.82) is 0 Å². The first-order valence-corrected chi connectivity index (χ1v) is 5.55. The van der Waals surface area contributed by atoms with Gasteiger partial charge in [0.25, 0.3) is 5.91 Å². The minimum Gasteiger partial charge on any atom is -0.494 e. The lowest BCUT2D eigenvalue weighted by Crippen LogP contribution is -2.31. The van der Waals surface area contributed by atoms with Crippen LogP contribution < -0.4 is 15.8 Å². The Kier molecular flexibility index (Phi) is 3.41. The molecule has 3 N–H and O–H groups in total. The van der Waals surface area contributed by atoms with E-state index in [1.54, 1.807) is 0 Å². The normalized spacial score (nSPS) is 14.2. The first-order valence-electron chi connectivity index (χ1n) is 5.55. The maximum atomic E-state index is 11.5. The molecule has 0 aliphatic carbocycles. The Labute approximate surface area is 94.8 Å². The first-order chi connectivity index (χ1) is 7.81. The van der Waals surface area contributed by atoms with Gasteiger partial charge in [-0.1, -0.05) is 0 Å². The fourth-order valence-corrected chi connectivity index (χ4v) is 1.77. The molecule has 1 aliphatic heterocycles. The summed E-state index contributed by atoms with van der Waals surface area (Å²) in [6.45, 7) is 1.97. The number of carbonyl (C=O) groups is 1. The summed E-state index contributed by atoms with van der Waals surface area (Å²) in [4.78, 5) is 11.5. The van der Waals surface area contributed by atoms with Crippen LogP contribution in [0.2, 0.25) is 0 Å². The van der Waals surface area contributed by atoms with Gasteiger partial charge in [-0.05, 0) is 43.1 Å². The minimum atomic E-state index is 0.00904. The number of benzene rings is 1. The lowest BCUT2D eigenvalue weighted by molar-refractivity contribution is 0.0946. The molecule has 0 atom stereocenters. The number of amides is 1. The number of rotatable bonds is 4. The molecule has 0 fully saturated rings. The quantitative estimate of drug-likeness (QED) is 0.734. The van der Waals surface area contributed by atoms with Gasteiger partial charge in [0, 0.05) is 12.1 Å². The molecule has 1 aromatic carbocycles. The molecule has 2 rings (SSSR count). The Morgan fingerprint density at radius 3 is 3.12 bits per heavy atom. The van der Waals surface area contributed by atoms with E-state index in [-0.39, 0.29) is 5.91 Å². The van der Waals surface area contributed by atoms with Crippen molar-refractivity contribution in [2.45, 2.75) is 12.8 Å². The SMILES string of the molecule is NCCCOc1ccc2c(c1)CCNC2=O. The first kappa shape index (κ1) is 11.0. The Balaban J connectivity index is 2.09. The third kappa shape index (κ3) is 2.33. The van der Waals surface area contributed by atoms with E-state index in [1.807, 2.05) is 18.2 Å². The van der Waals surface area contributed by atoms with Crippen molar-refractivity contribution in [2.24, 2.45) is 5.73 Å². The Bertz CT molecular complexity index is 391. The predicted octanol–water partition coefficient (Wildman–Crippen LogP) is 0.700. The van der Waals surface area contributed by atoms with Crippen molar-refractivity contribution in [3.63, 3.8) is 0 Å². The van der Waals surface area contributed by atoms with Gasteiger partial charge < -0.3 is 15.8 Å². The third-order valence-electron chi connectivity index (χ3n) is 2.62. The monoisotopic (exact) mass is 220 g/mol. The van der Waals surface area contributed by atoms with E-state index in [9.17, 15) is 4.79 Å². The molecule has 1 heterocycles. The maximum absolute atomic E-state index is 11.5. The van der Waals surface area contributed by atoms with Gasteiger partial charge in [-0.25, -0.2) is 0 Å². The van der Waals surface area contributed by atoms with Gasteiger partial charge in [-0.2, -0.15) is 0 Å². The summed E-state index contributed by atoms with van der Waals surface area (Å²) in [7, 11) is 0. The van der Waals surface area contributed by atoms with Crippen LogP contribution in [0.3, 0.4) is 0 Å². The van der Waals surface area contributed by atoms with Crippen molar-refractivity contribution < 1.29 is 9.53 Å². The maximum Gasteiger partial charge on any atom is 0.251 e. The molecule has 0 bridgehead atoms. The van der Waals surface area contributed by atoms with Crippen LogP contribution in [0.5, 0.6) is 5.75 Å². The Morgan fingerprint density at radius 2 is 2.31 bits per heavy atom. The van der Waals surface area contributed by atoms with Gasteiger partial charge in [-0.3, -0.25) is 4.79 Å². The molecule has 0 aromatic heterocycles. The summed E-state index contributed by atoms with van der Waals surface area (Å²) in [5, 5.41) is 2.81. The molecular weight excluding hydrogens is 204 g/mol. The highest BCUT2D eigenvalue weighted by atomic mass is 16.5. The molecule has 1 aliphatic rings. The molecule has 0 unspecified atom stereocenters. The van der Waals surface area contributed by atoms with E-state index in [2.05, 4.69) is 5.32 Å². The lowest BCUT2D eigenvalue weighted by atomic mass is 10.0. The summed E-state index contributed by atoms with van der Waals surface area (Å²) in [5.74, 6) is 0.830. The van der Waals surface area contributed by atoms with Crippen LogP contribution in [-0.4, -0.2) is 25.6 Å². The number of fused-ring (bicyclic) bond motifs is 1. The molecule has 4 heteroatoms. The fraction of sp³-hybridized carbons (Fsp3) is 0.417. The lowest BCUT2D eigenvalue weighted by Gasteiger charge is -2.17. The van der Waals surface area contributed by atoms with Crippen molar-refractivity contribution in [1.82, 2.24) is 5.32 Å². The van der Waals surface area contributed by atoms with Crippen LogP contribution in [-0.2, 0) is 6.42 Å². The fourth-order valence-electron chi connectivity index (χ4n) is 1.77. The zero-order valence-electron chi connectivity index (χ0n) is 9.16. The van der Waals surface area contributed by atoms with E-state index in [4.69, 9.17) is 10.5 Å². The van der Waals surface area contributed by atoms with Crippen LogP contribution >= 0.6 is 0 Å². The summed E-state index contributed by atoms with van der Waals surface area (Å²) in [6, 6.07) is 5.60. The molecule has 1 amide bonds. The molecule has 0 saturated heterocycles. The molecule has 16 heavy (non-hydrogen) atoms. The van der Waals surface area contributed by atoms with Crippen molar-refractivity contribution >= 4 is 5.91 Å². The van der Waals surface area contributed by atoms with E-state index in [1.165, 1.54) is 0 Å². The highest BCUT2D eigenvalue weighted by Crippen LogP contribution is 2.20. The van der Waals surface area contributed by atoms with Crippen molar-refractivity contribution in [3.8, 4) is 5.75 Å². The Morgan fingerprint density at radius 1 is 1.44 bits per heavy atom. The second-order valence-electron chi connectivity index (χ2n) is 3.82. The van der Waals surface area contributed by atoms with Gasteiger partial charge in [-0.15, -0.1) is 0 Å². The minimum absolute atomic E-state index is 0.00904. The van der Waals surface area contributed by atoms with Crippen LogP contribution in [0.4, 0.5) is 0 Å². The second-order valence-corrected chi connectivity index (χ2v) is 3.82. The molecule has 4 nitrogen and oxygen atoms in total. The van der Waals surface area contributed by atoms with Gasteiger partial charge >= 0.3 is 0 Å². The summed E-state index contributed by atoms with van der Waals surface area (Å²) in [6.07, 6.45) is 1.72. The standard InChI is InChI=1S/C12H16N2O2/c13-5-1-7-16-10-2-3-11-9(8-10)4-6-14-12(11)15/h2-3,8H,1,4-7,13H2,(H,14,15). The van der Waals surface area contributed by atoms with Gasteiger partial charge in [0.15, 0.2) is 0 Å². The number of nitrogens with two attached hydrogens (primary N) is 1. The van der Waals surface area contributed by atoms with Gasteiger partial charge in [0.1, 0.15) is 5.75 Å². The van der Waals surface area contributed by atoms with Crippen LogP contribution in [0.1, 0.15) is 22.3 Å². The van der Waals surface area contributed by atoms with Crippen LogP contribution in [0.25, 0.3) is 0 Å². The predicted molar refractivity (Wildman–Crippen MR) is 61.6 cm³/mol. The largest absolute Gasteiger partial charge is 0.494 e. The molecular formula is C12H16N2O2. The Hall–Kier alpha value is -1.55. The molecule has 0 saturated carbocycles. The van der Waals surface area contributed by atoms with E-state index >= 15 is 0 Å². The summed E-state index contributed by atoms with van der Waals surface area (Å²) >= 11 is 0. The molecule has 0 spiro atoms. The number of hydrogen-bond acceptors (Lipinski definition) is 3. The topological polar surface area (TPSA) is 64.3 Å². The molecule has 1 aromatic rings. The molecule has 86 valence electrons. The zero-order valence-corrected chi connectivity index (χ0v) is 9.16. The van der Waals surface area contributed by atoms with E-state index < -0.39 is 0 Å². The van der Waals surface area contributed by atoms with Crippen molar-refractivity contribution in [3.05, 3.63) is 29.3 Å².